The van der Waals surface area contributed by atoms with Gasteiger partial charge in [0.15, 0.2) is 0 Å². The SMILES string of the molecule is CCCOC(=O)c1c[nH]c2c(=O)[nH]c3ccc(S(=O)(=O)N(CCNC(C)C)C4CC4)cc3c12. The molecule has 1 aliphatic carbocycles. The van der Waals surface area contributed by atoms with E-state index >= 15 is 0 Å². The van der Waals surface area contributed by atoms with Gasteiger partial charge in [-0.3, -0.25) is 4.79 Å². The Morgan fingerprint density at radius 3 is 2.73 bits per heavy atom. The molecule has 1 saturated carbocycles. The maximum atomic E-state index is 13.6. The number of sulfonamides is 1. The molecule has 1 aromatic carbocycles. The lowest BCUT2D eigenvalue weighted by Crippen LogP contribution is -2.39. The zero-order valence-electron chi connectivity index (χ0n) is 19.1. The van der Waals surface area contributed by atoms with E-state index in [0.29, 0.717) is 35.8 Å². The minimum Gasteiger partial charge on any atom is -0.462 e. The third-order valence-electron chi connectivity index (χ3n) is 5.72. The Balaban J connectivity index is 1.80. The molecule has 0 unspecified atom stereocenters. The van der Waals surface area contributed by atoms with Crippen molar-refractivity contribution in [3.05, 3.63) is 40.3 Å². The molecule has 2 aromatic heterocycles. The normalized spacial score (nSPS) is 14.6. The van der Waals surface area contributed by atoms with Gasteiger partial charge in [0.2, 0.25) is 10.0 Å². The van der Waals surface area contributed by atoms with Crippen molar-refractivity contribution < 1.29 is 17.9 Å². The molecular weight excluding hydrogens is 444 g/mol. The number of nitrogens with zero attached hydrogens (tertiary/aromatic N) is 1. The van der Waals surface area contributed by atoms with E-state index in [1.165, 1.54) is 12.3 Å². The average Bonchev–Trinajstić information content (AvgIpc) is 3.50. The fraction of sp³-hybridized carbons (Fsp3) is 0.478. The van der Waals surface area contributed by atoms with Gasteiger partial charge in [-0.15, -0.1) is 0 Å². The maximum absolute atomic E-state index is 13.6. The van der Waals surface area contributed by atoms with E-state index in [0.717, 1.165) is 12.8 Å². The van der Waals surface area contributed by atoms with Gasteiger partial charge in [-0.2, -0.15) is 4.31 Å². The number of aromatic amines is 2. The van der Waals surface area contributed by atoms with Gasteiger partial charge in [-0.25, -0.2) is 13.2 Å². The van der Waals surface area contributed by atoms with E-state index < -0.39 is 16.0 Å². The minimum atomic E-state index is -3.76. The lowest BCUT2D eigenvalue weighted by Gasteiger charge is -2.23. The zero-order chi connectivity index (χ0) is 23.8. The third-order valence-corrected chi connectivity index (χ3v) is 7.67. The van der Waals surface area contributed by atoms with E-state index in [2.05, 4.69) is 15.3 Å². The molecule has 10 heteroatoms. The summed E-state index contributed by atoms with van der Waals surface area (Å²) in [6, 6.07) is 4.89. The van der Waals surface area contributed by atoms with E-state index in [-0.39, 0.29) is 40.2 Å². The highest BCUT2D eigenvalue weighted by Gasteiger charge is 2.38. The molecule has 0 spiro atoms. The van der Waals surface area contributed by atoms with Crippen LogP contribution in [0.4, 0.5) is 0 Å². The van der Waals surface area contributed by atoms with Crippen LogP contribution in [0.2, 0.25) is 0 Å². The molecule has 178 valence electrons. The van der Waals surface area contributed by atoms with Crippen LogP contribution in [-0.2, 0) is 14.8 Å². The Morgan fingerprint density at radius 2 is 2.06 bits per heavy atom. The van der Waals surface area contributed by atoms with Gasteiger partial charge in [0, 0.05) is 47.7 Å². The lowest BCUT2D eigenvalue weighted by atomic mass is 10.1. The molecule has 33 heavy (non-hydrogen) atoms. The number of carbonyl (C=O) groups excluding carboxylic acids is 1. The van der Waals surface area contributed by atoms with Crippen LogP contribution in [0.25, 0.3) is 21.8 Å². The molecule has 4 rings (SSSR count). The number of H-pyrrole nitrogens is 2. The average molecular weight is 475 g/mol. The van der Waals surface area contributed by atoms with Gasteiger partial charge in [0.25, 0.3) is 5.56 Å². The first kappa shape index (κ1) is 23.5. The predicted molar refractivity (Wildman–Crippen MR) is 127 cm³/mol. The van der Waals surface area contributed by atoms with Crippen LogP contribution >= 0.6 is 0 Å². The minimum absolute atomic E-state index is 0.00194. The molecular formula is C23H30N4O5S. The summed E-state index contributed by atoms with van der Waals surface area (Å²) >= 11 is 0. The van der Waals surface area contributed by atoms with Crippen molar-refractivity contribution in [2.24, 2.45) is 0 Å². The fourth-order valence-electron chi connectivity index (χ4n) is 3.96. The first-order valence-corrected chi connectivity index (χ1v) is 12.8. The second-order valence-corrected chi connectivity index (χ2v) is 10.6. The maximum Gasteiger partial charge on any atom is 0.340 e. The molecule has 9 nitrogen and oxygen atoms in total. The van der Waals surface area contributed by atoms with E-state index in [4.69, 9.17) is 4.74 Å². The number of pyridine rings is 1. The smallest absolute Gasteiger partial charge is 0.340 e. The van der Waals surface area contributed by atoms with Gasteiger partial charge < -0.3 is 20.0 Å². The summed E-state index contributed by atoms with van der Waals surface area (Å²) in [6.07, 6.45) is 3.79. The number of hydrogen-bond acceptors (Lipinski definition) is 6. The number of ether oxygens (including phenoxy) is 1. The first-order valence-electron chi connectivity index (χ1n) is 11.3. The third kappa shape index (κ3) is 4.68. The summed E-state index contributed by atoms with van der Waals surface area (Å²) in [5.74, 6) is -0.553. The van der Waals surface area contributed by atoms with Crippen molar-refractivity contribution in [3.63, 3.8) is 0 Å². The molecule has 1 aliphatic rings. The second-order valence-electron chi connectivity index (χ2n) is 8.71. The topological polar surface area (TPSA) is 124 Å². The molecule has 0 amide bonds. The number of nitrogens with one attached hydrogen (secondary N) is 3. The number of hydrogen-bond donors (Lipinski definition) is 3. The molecule has 0 aliphatic heterocycles. The zero-order valence-corrected chi connectivity index (χ0v) is 19.9. The van der Waals surface area contributed by atoms with Crippen LogP contribution in [0, 0.1) is 0 Å². The molecule has 1 fully saturated rings. The van der Waals surface area contributed by atoms with Gasteiger partial charge in [0.05, 0.1) is 17.1 Å². The van der Waals surface area contributed by atoms with Crippen molar-refractivity contribution in [2.75, 3.05) is 19.7 Å². The van der Waals surface area contributed by atoms with Crippen molar-refractivity contribution in [1.82, 2.24) is 19.6 Å². The van der Waals surface area contributed by atoms with Gasteiger partial charge >= 0.3 is 5.97 Å². The standard InChI is InChI=1S/C23H30N4O5S/c1-4-11-32-23(29)18-13-25-21-20(18)17-12-16(7-8-19(17)26-22(21)28)33(30,31)27(15-5-6-15)10-9-24-14(2)3/h7-8,12-15,24-25H,4-6,9-11H2,1-3H3,(H,26,28). The van der Waals surface area contributed by atoms with Crippen molar-refractivity contribution in [2.45, 2.75) is 57.0 Å². The Hall–Kier alpha value is -2.69. The summed E-state index contributed by atoms with van der Waals surface area (Å²) in [5.41, 5.74) is 0.488. The quantitative estimate of drug-likeness (QED) is 0.388. The highest BCUT2D eigenvalue weighted by atomic mass is 32.2. The monoisotopic (exact) mass is 474 g/mol. The van der Waals surface area contributed by atoms with Gasteiger partial charge in [-0.1, -0.05) is 20.8 Å². The molecule has 3 aromatic rings. The van der Waals surface area contributed by atoms with Crippen molar-refractivity contribution in [1.29, 1.82) is 0 Å². The number of benzene rings is 1. The van der Waals surface area contributed by atoms with Crippen LogP contribution in [0.5, 0.6) is 0 Å². The Morgan fingerprint density at radius 1 is 1.30 bits per heavy atom. The lowest BCUT2D eigenvalue weighted by molar-refractivity contribution is 0.0507. The Labute approximate surface area is 192 Å². The van der Waals surface area contributed by atoms with Gasteiger partial charge in [-0.05, 0) is 37.5 Å². The number of rotatable bonds is 10. The van der Waals surface area contributed by atoms with Crippen LogP contribution in [-0.4, -0.2) is 60.4 Å². The number of fused-ring (bicyclic) bond motifs is 3. The number of esters is 1. The first-order chi connectivity index (χ1) is 15.7. The van der Waals surface area contributed by atoms with Crippen LogP contribution in [0.3, 0.4) is 0 Å². The van der Waals surface area contributed by atoms with Crippen LogP contribution < -0.4 is 10.9 Å². The Kier molecular flexibility index (Phi) is 6.60. The molecule has 0 atom stereocenters. The second kappa shape index (κ2) is 9.28. The number of carbonyl (C=O) groups is 1. The molecule has 0 radical (unpaired) electrons. The highest BCUT2D eigenvalue weighted by Crippen LogP contribution is 2.33. The van der Waals surface area contributed by atoms with E-state index in [9.17, 15) is 18.0 Å². The van der Waals surface area contributed by atoms with E-state index in [1.807, 2.05) is 20.8 Å². The number of aromatic nitrogens is 2. The summed E-state index contributed by atoms with van der Waals surface area (Å²) in [6.45, 7) is 7.12. The Bertz CT molecular complexity index is 1340. The van der Waals surface area contributed by atoms with E-state index in [1.54, 1.807) is 16.4 Å². The fourth-order valence-corrected chi connectivity index (χ4v) is 5.67. The van der Waals surface area contributed by atoms with Crippen LogP contribution in [0.15, 0.2) is 34.1 Å². The summed E-state index contributed by atoms with van der Waals surface area (Å²) < 4.78 is 33.9. The molecule has 3 N–H and O–H groups in total. The molecule has 2 heterocycles. The summed E-state index contributed by atoms with van der Waals surface area (Å²) in [5, 5.41) is 4.12. The molecule has 0 bridgehead atoms. The predicted octanol–water partition coefficient (Wildman–Crippen LogP) is 2.73. The molecule has 0 saturated heterocycles. The summed E-state index contributed by atoms with van der Waals surface area (Å²) in [7, 11) is -3.76. The highest BCUT2D eigenvalue weighted by molar-refractivity contribution is 7.89. The summed E-state index contributed by atoms with van der Waals surface area (Å²) in [4.78, 5) is 30.9. The van der Waals surface area contributed by atoms with Crippen molar-refractivity contribution in [3.8, 4) is 0 Å². The van der Waals surface area contributed by atoms with Crippen LogP contribution in [0.1, 0.15) is 50.4 Å². The van der Waals surface area contributed by atoms with Crippen molar-refractivity contribution >= 4 is 37.8 Å². The largest absolute Gasteiger partial charge is 0.462 e. The van der Waals surface area contributed by atoms with Gasteiger partial charge in [0.1, 0.15) is 5.52 Å².